The molecule has 0 aliphatic carbocycles. The zero-order valence-electron chi connectivity index (χ0n) is 11.2. The van der Waals surface area contributed by atoms with Crippen LogP contribution in [0.2, 0.25) is 0 Å². The van der Waals surface area contributed by atoms with Crippen molar-refractivity contribution in [1.29, 1.82) is 0 Å². The molecular formula is C13H26N2O2. The first-order valence-electron chi connectivity index (χ1n) is 6.70. The maximum atomic E-state index is 10.4. The number of carboxylic acids is 1. The smallest absolute Gasteiger partial charge is 0.303 e. The minimum Gasteiger partial charge on any atom is -0.481 e. The van der Waals surface area contributed by atoms with Crippen molar-refractivity contribution < 1.29 is 9.90 Å². The highest BCUT2D eigenvalue weighted by Gasteiger charge is 2.18. The Kier molecular flexibility index (Phi) is 6.52. The molecule has 0 radical (unpaired) electrons. The molecule has 0 unspecified atom stereocenters. The number of carboxylic acid groups (broad SMARTS) is 1. The van der Waals surface area contributed by atoms with Gasteiger partial charge in [0.25, 0.3) is 0 Å². The van der Waals surface area contributed by atoms with Crippen molar-refractivity contribution in [2.45, 2.75) is 44.6 Å². The first-order chi connectivity index (χ1) is 8.09. The number of hydrogen-bond acceptors (Lipinski definition) is 3. The zero-order chi connectivity index (χ0) is 12.7. The molecule has 1 heterocycles. The summed E-state index contributed by atoms with van der Waals surface area (Å²) in [5.41, 5.74) is 0. The van der Waals surface area contributed by atoms with Crippen molar-refractivity contribution in [3.05, 3.63) is 0 Å². The van der Waals surface area contributed by atoms with Gasteiger partial charge in [-0.2, -0.15) is 0 Å². The Morgan fingerprint density at radius 3 is 2.82 bits per heavy atom. The molecule has 0 bridgehead atoms. The second-order valence-electron chi connectivity index (χ2n) is 5.22. The molecule has 0 saturated carbocycles. The number of carbonyl (C=O) groups is 1. The summed E-state index contributed by atoms with van der Waals surface area (Å²) in [7, 11) is 4.30. The average molecular weight is 242 g/mol. The summed E-state index contributed by atoms with van der Waals surface area (Å²) < 4.78 is 0. The van der Waals surface area contributed by atoms with Crippen molar-refractivity contribution in [3.63, 3.8) is 0 Å². The third-order valence-corrected chi connectivity index (χ3v) is 3.70. The van der Waals surface area contributed by atoms with Crippen LogP contribution >= 0.6 is 0 Å². The van der Waals surface area contributed by atoms with Gasteiger partial charge in [-0.1, -0.05) is 6.42 Å². The third-order valence-electron chi connectivity index (χ3n) is 3.70. The summed E-state index contributed by atoms with van der Waals surface area (Å²) in [6, 6.07) is 0.727. The van der Waals surface area contributed by atoms with Gasteiger partial charge in [-0.3, -0.25) is 4.79 Å². The number of likely N-dealkylation sites (tertiary alicyclic amines) is 1. The van der Waals surface area contributed by atoms with E-state index in [0.717, 1.165) is 25.6 Å². The first kappa shape index (κ1) is 14.5. The van der Waals surface area contributed by atoms with Crippen LogP contribution in [0.3, 0.4) is 0 Å². The van der Waals surface area contributed by atoms with Gasteiger partial charge in [0.1, 0.15) is 0 Å². The standard InChI is InChI=1S/C13H26N2O2/c1-14(9-5-7-13(16)17)11-8-12-6-3-4-10-15(12)2/h12H,3-11H2,1-2H3,(H,16,17)/t12-/m0/s1. The van der Waals surface area contributed by atoms with Crippen LogP contribution in [0.15, 0.2) is 0 Å². The van der Waals surface area contributed by atoms with E-state index >= 15 is 0 Å². The zero-order valence-corrected chi connectivity index (χ0v) is 11.2. The van der Waals surface area contributed by atoms with Crippen molar-refractivity contribution in [2.75, 3.05) is 33.7 Å². The van der Waals surface area contributed by atoms with E-state index in [4.69, 9.17) is 5.11 Å². The van der Waals surface area contributed by atoms with Crippen molar-refractivity contribution >= 4 is 5.97 Å². The lowest BCUT2D eigenvalue weighted by atomic mass is 10.00. The topological polar surface area (TPSA) is 43.8 Å². The van der Waals surface area contributed by atoms with Crippen LogP contribution in [0, 0.1) is 0 Å². The van der Waals surface area contributed by atoms with Crippen LogP contribution < -0.4 is 0 Å². The lowest BCUT2D eigenvalue weighted by molar-refractivity contribution is -0.137. The van der Waals surface area contributed by atoms with Crippen LogP contribution in [-0.2, 0) is 4.79 Å². The SMILES string of the molecule is CN(CCCC(=O)O)CC[C@@H]1CCCCN1C. The van der Waals surface area contributed by atoms with Crippen molar-refractivity contribution in [2.24, 2.45) is 0 Å². The van der Waals surface area contributed by atoms with Gasteiger partial charge in [0.05, 0.1) is 0 Å². The molecule has 0 aromatic rings. The summed E-state index contributed by atoms with van der Waals surface area (Å²) >= 11 is 0. The third kappa shape index (κ3) is 6.03. The second-order valence-corrected chi connectivity index (χ2v) is 5.22. The number of aliphatic carboxylic acids is 1. The van der Waals surface area contributed by atoms with Gasteiger partial charge >= 0.3 is 5.97 Å². The van der Waals surface area contributed by atoms with E-state index in [-0.39, 0.29) is 6.42 Å². The summed E-state index contributed by atoms with van der Waals surface area (Å²) in [6.07, 6.45) is 6.26. The normalized spacial score (nSPS) is 21.9. The predicted octanol–water partition coefficient (Wildman–Crippen LogP) is 1.66. The van der Waals surface area contributed by atoms with E-state index in [2.05, 4.69) is 23.9 Å². The van der Waals surface area contributed by atoms with Crippen LogP contribution in [0.1, 0.15) is 38.5 Å². The van der Waals surface area contributed by atoms with Crippen molar-refractivity contribution in [1.82, 2.24) is 9.80 Å². The molecule has 0 spiro atoms. The van der Waals surface area contributed by atoms with Crippen LogP contribution in [0.4, 0.5) is 0 Å². The van der Waals surface area contributed by atoms with E-state index in [0.29, 0.717) is 0 Å². The van der Waals surface area contributed by atoms with Crippen LogP contribution in [0.25, 0.3) is 0 Å². The summed E-state index contributed by atoms with van der Waals surface area (Å²) in [4.78, 5) is 15.1. The largest absolute Gasteiger partial charge is 0.481 e. The molecule has 4 heteroatoms. The minimum absolute atomic E-state index is 0.285. The first-order valence-corrected chi connectivity index (χ1v) is 6.70. The molecule has 4 nitrogen and oxygen atoms in total. The molecule has 0 amide bonds. The van der Waals surface area contributed by atoms with Gasteiger partial charge < -0.3 is 14.9 Å². The molecule has 1 aliphatic heterocycles. The number of piperidine rings is 1. The highest BCUT2D eigenvalue weighted by molar-refractivity contribution is 5.66. The second kappa shape index (κ2) is 7.67. The summed E-state index contributed by atoms with van der Waals surface area (Å²) in [5.74, 6) is -0.689. The highest BCUT2D eigenvalue weighted by Crippen LogP contribution is 2.17. The molecule has 1 saturated heterocycles. The van der Waals surface area contributed by atoms with E-state index in [1.54, 1.807) is 0 Å². The molecule has 1 fully saturated rings. The number of hydrogen-bond donors (Lipinski definition) is 1. The van der Waals surface area contributed by atoms with Gasteiger partial charge in [0.15, 0.2) is 0 Å². The molecule has 1 aliphatic rings. The Labute approximate surface area is 105 Å². The molecule has 0 aromatic carbocycles. The fourth-order valence-corrected chi connectivity index (χ4v) is 2.49. The van der Waals surface area contributed by atoms with Crippen molar-refractivity contribution in [3.8, 4) is 0 Å². The maximum Gasteiger partial charge on any atom is 0.303 e. The molecule has 1 N–H and O–H groups in total. The fourth-order valence-electron chi connectivity index (χ4n) is 2.49. The average Bonchev–Trinajstić information content (AvgIpc) is 2.27. The highest BCUT2D eigenvalue weighted by atomic mass is 16.4. The lowest BCUT2D eigenvalue weighted by Gasteiger charge is -2.33. The Bertz CT molecular complexity index is 233. The van der Waals surface area contributed by atoms with Gasteiger partial charge in [0, 0.05) is 12.5 Å². The van der Waals surface area contributed by atoms with Gasteiger partial charge in [-0.25, -0.2) is 0 Å². The monoisotopic (exact) mass is 242 g/mol. The molecule has 1 rings (SSSR count). The Balaban J connectivity index is 2.09. The van der Waals surface area contributed by atoms with Gasteiger partial charge in [-0.15, -0.1) is 0 Å². The van der Waals surface area contributed by atoms with Crippen LogP contribution in [0.5, 0.6) is 0 Å². The Morgan fingerprint density at radius 2 is 2.18 bits per heavy atom. The van der Waals surface area contributed by atoms with Gasteiger partial charge in [0.2, 0.25) is 0 Å². The molecule has 0 aromatic heterocycles. The van der Waals surface area contributed by atoms with Gasteiger partial charge in [-0.05, 0) is 59.4 Å². The van der Waals surface area contributed by atoms with E-state index in [1.165, 1.54) is 32.2 Å². The number of nitrogens with zero attached hydrogens (tertiary/aromatic N) is 2. The lowest BCUT2D eigenvalue weighted by Crippen LogP contribution is -2.38. The van der Waals surface area contributed by atoms with E-state index < -0.39 is 5.97 Å². The quantitative estimate of drug-likeness (QED) is 0.737. The number of rotatable bonds is 7. The maximum absolute atomic E-state index is 10.4. The minimum atomic E-state index is -0.689. The summed E-state index contributed by atoms with van der Waals surface area (Å²) in [5, 5.41) is 8.57. The van der Waals surface area contributed by atoms with E-state index in [9.17, 15) is 4.79 Å². The molecule has 1 atom stereocenters. The molecular weight excluding hydrogens is 216 g/mol. The van der Waals surface area contributed by atoms with Crippen LogP contribution in [-0.4, -0.2) is 60.6 Å². The summed E-state index contributed by atoms with van der Waals surface area (Å²) in [6.45, 7) is 3.20. The Morgan fingerprint density at radius 1 is 1.41 bits per heavy atom. The fraction of sp³-hybridized carbons (Fsp3) is 0.923. The molecule has 17 heavy (non-hydrogen) atoms. The Hall–Kier alpha value is -0.610. The molecule has 100 valence electrons. The predicted molar refractivity (Wildman–Crippen MR) is 69.3 cm³/mol. The van der Waals surface area contributed by atoms with E-state index in [1.807, 2.05) is 0 Å².